The standard InChI is InChI=1S/C54H87O3P/c1-7-13-19-25-34-46-37-31-43-52(49(46)40-28-22-16-10-4)55-58(56-53-44-32-38-47(35-26-20-14-8-2)50(53)41-29-23-17-11-5)57-54-45-33-39-48(36-27-21-15-9-3)51(54)42-30-24-18-12-6/h31-33,37-39,43-45H,7-30,34-36,40-42H2,1-6H3. The number of hydrogen-bond donors (Lipinski definition) is 0. The molecule has 0 amide bonds. The van der Waals surface area contributed by atoms with Crippen LogP contribution in [0.1, 0.15) is 229 Å². The summed E-state index contributed by atoms with van der Waals surface area (Å²) in [6.07, 6.45) is 36.4. The van der Waals surface area contributed by atoms with Gasteiger partial charge in [-0.1, -0.05) is 194 Å². The van der Waals surface area contributed by atoms with E-state index in [1.165, 1.54) is 187 Å². The Hall–Kier alpha value is -2.51. The number of unbranched alkanes of at least 4 members (excludes halogenated alkanes) is 18. The van der Waals surface area contributed by atoms with Gasteiger partial charge in [0.25, 0.3) is 0 Å². The fourth-order valence-corrected chi connectivity index (χ4v) is 9.46. The van der Waals surface area contributed by atoms with Crippen molar-refractivity contribution in [2.24, 2.45) is 0 Å². The van der Waals surface area contributed by atoms with E-state index >= 15 is 0 Å². The highest BCUT2D eigenvalue weighted by Gasteiger charge is 2.26. The zero-order chi connectivity index (χ0) is 41.5. The third-order valence-electron chi connectivity index (χ3n) is 11.9. The van der Waals surface area contributed by atoms with E-state index in [2.05, 4.69) is 96.1 Å². The van der Waals surface area contributed by atoms with Crippen molar-refractivity contribution >= 4 is 8.60 Å². The van der Waals surface area contributed by atoms with Crippen LogP contribution in [0.3, 0.4) is 0 Å². The highest BCUT2D eigenvalue weighted by molar-refractivity contribution is 7.43. The van der Waals surface area contributed by atoms with Gasteiger partial charge in [-0.15, -0.1) is 0 Å². The molecule has 0 N–H and O–H groups in total. The minimum atomic E-state index is -1.80. The first-order valence-electron chi connectivity index (χ1n) is 24.8. The van der Waals surface area contributed by atoms with Gasteiger partial charge >= 0.3 is 8.60 Å². The second-order valence-electron chi connectivity index (χ2n) is 17.0. The lowest BCUT2D eigenvalue weighted by atomic mass is 9.96. The highest BCUT2D eigenvalue weighted by Crippen LogP contribution is 2.47. The molecule has 0 spiro atoms. The SMILES string of the molecule is CCCCCCc1cccc(OP(Oc2cccc(CCCCCC)c2CCCCCC)Oc2cccc(CCCCCC)c2CCCCCC)c1CCCCCC. The van der Waals surface area contributed by atoms with Crippen LogP contribution in [-0.4, -0.2) is 0 Å². The maximum Gasteiger partial charge on any atom is 0.530 e. The average Bonchev–Trinajstić information content (AvgIpc) is 3.23. The summed E-state index contributed by atoms with van der Waals surface area (Å²) in [7, 11) is -1.80. The molecule has 0 fully saturated rings. The van der Waals surface area contributed by atoms with Gasteiger partial charge in [0.2, 0.25) is 0 Å². The molecule has 4 heteroatoms. The average molecular weight is 815 g/mol. The number of rotatable bonds is 36. The Morgan fingerprint density at radius 2 is 0.534 bits per heavy atom. The van der Waals surface area contributed by atoms with Gasteiger partial charge in [-0.3, -0.25) is 0 Å². The Morgan fingerprint density at radius 1 is 0.293 bits per heavy atom. The molecule has 0 saturated heterocycles. The molecule has 0 heterocycles. The molecule has 0 aliphatic rings. The number of hydrogen-bond acceptors (Lipinski definition) is 3. The second kappa shape index (κ2) is 32.3. The predicted molar refractivity (Wildman–Crippen MR) is 255 cm³/mol. The summed E-state index contributed by atoms with van der Waals surface area (Å²) in [5.74, 6) is 2.86. The maximum absolute atomic E-state index is 7.20. The van der Waals surface area contributed by atoms with E-state index in [1.54, 1.807) is 0 Å². The molecule has 0 aliphatic carbocycles. The van der Waals surface area contributed by atoms with Crippen LogP contribution in [-0.2, 0) is 38.5 Å². The predicted octanol–water partition coefficient (Wildman–Crippen LogP) is 18.2. The van der Waals surface area contributed by atoms with E-state index in [0.717, 1.165) is 55.8 Å². The largest absolute Gasteiger partial charge is 0.530 e. The quantitative estimate of drug-likeness (QED) is 0.0432. The van der Waals surface area contributed by atoms with Gasteiger partial charge in [-0.05, 0) is 129 Å². The van der Waals surface area contributed by atoms with Crippen LogP contribution in [0.4, 0.5) is 0 Å². The zero-order valence-corrected chi connectivity index (χ0v) is 39.5. The Labute approximate surface area is 360 Å². The topological polar surface area (TPSA) is 27.7 Å². The van der Waals surface area contributed by atoms with Gasteiger partial charge in [-0.25, -0.2) is 0 Å². The monoisotopic (exact) mass is 815 g/mol. The Morgan fingerprint density at radius 3 is 0.776 bits per heavy atom. The van der Waals surface area contributed by atoms with Crippen molar-refractivity contribution in [3.05, 3.63) is 88.0 Å². The summed E-state index contributed by atoms with van der Waals surface area (Å²) >= 11 is 0. The second-order valence-corrected chi connectivity index (χ2v) is 18.0. The molecule has 3 aromatic rings. The van der Waals surface area contributed by atoms with Crippen LogP contribution < -0.4 is 13.6 Å². The van der Waals surface area contributed by atoms with Gasteiger partial charge in [0.05, 0.1) is 0 Å². The van der Waals surface area contributed by atoms with Crippen molar-refractivity contribution in [3.8, 4) is 17.2 Å². The third-order valence-corrected chi connectivity index (χ3v) is 13.0. The molecular formula is C54H87O3P. The minimum Gasteiger partial charge on any atom is -0.408 e. The van der Waals surface area contributed by atoms with E-state index in [0.29, 0.717) is 0 Å². The zero-order valence-electron chi connectivity index (χ0n) is 38.6. The lowest BCUT2D eigenvalue weighted by Gasteiger charge is -2.24. The number of benzene rings is 3. The lowest BCUT2D eigenvalue weighted by molar-refractivity contribution is 0.381. The Bertz CT molecular complexity index is 1290. The first-order valence-corrected chi connectivity index (χ1v) is 25.9. The summed E-state index contributed by atoms with van der Waals surface area (Å²) in [4.78, 5) is 0. The molecule has 0 saturated carbocycles. The summed E-state index contributed by atoms with van der Waals surface area (Å²) in [6.45, 7) is 13.8. The van der Waals surface area contributed by atoms with E-state index in [-0.39, 0.29) is 0 Å². The van der Waals surface area contributed by atoms with Gasteiger partial charge < -0.3 is 13.6 Å². The molecule has 0 radical (unpaired) electrons. The molecule has 0 bridgehead atoms. The highest BCUT2D eigenvalue weighted by atomic mass is 31.2. The van der Waals surface area contributed by atoms with Crippen molar-refractivity contribution in [1.29, 1.82) is 0 Å². The molecule has 3 rings (SSSR count). The molecule has 3 aromatic carbocycles. The molecule has 0 atom stereocenters. The molecule has 3 nitrogen and oxygen atoms in total. The molecule has 0 aromatic heterocycles. The van der Waals surface area contributed by atoms with Crippen LogP contribution in [0.25, 0.3) is 0 Å². The van der Waals surface area contributed by atoms with Crippen LogP contribution in [0.2, 0.25) is 0 Å². The molecular weight excluding hydrogens is 728 g/mol. The van der Waals surface area contributed by atoms with Crippen LogP contribution >= 0.6 is 8.60 Å². The summed E-state index contributed by atoms with van der Waals surface area (Å²) < 4.78 is 21.6. The molecule has 326 valence electrons. The van der Waals surface area contributed by atoms with Crippen molar-refractivity contribution in [3.63, 3.8) is 0 Å². The van der Waals surface area contributed by atoms with Gasteiger partial charge in [0.1, 0.15) is 17.2 Å². The van der Waals surface area contributed by atoms with Crippen molar-refractivity contribution in [2.75, 3.05) is 0 Å². The molecule has 58 heavy (non-hydrogen) atoms. The van der Waals surface area contributed by atoms with Gasteiger partial charge in [0, 0.05) is 0 Å². The van der Waals surface area contributed by atoms with Gasteiger partial charge in [0.15, 0.2) is 0 Å². The van der Waals surface area contributed by atoms with Crippen LogP contribution in [0.15, 0.2) is 54.6 Å². The normalized spacial score (nSPS) is 11.4. The summed E-state index contributed by atoms with van der Waals surface area (Å²) in [5.41, 5.74) is 8.42. The maximum atomic E-state index is 7.20. The van der Waals surface area contributed by atoms with E-state index in [1.807, 2.05) is 0 Å². The Balaban J connectivity index is 2.10. The fraction of sp³-hybridized carbons (Fsp3) is 0.667. The van der Waals surface area contributed by atoms with Crippen molar-refractivity contribution in [1.82, 2.24) is 0 Å². The number of aryl methyl sites for hydroxylation is 3. The first-order chi connectivity index (χ1) is 28.6. The third kappa shape index (κ3) is 19.3. The van der Waals surface area contributed by atoms with Crippen LogP contribution in [0.5, 0.6) is 17.2 Å². The first kappa shape index (κ1) is 49.8. The summed E-state index contributed by atoms with van der Waals surface area (Å²) in [6, 6.07) is 20.3. The van der Waals surface area contributed by atoms with E-state index < -0.39 is 8.60 Å². The van der Waals surface area contributed by atoms with Gasteiger partial charge in [-0.2, -0.15) is 0 Å². The van der Waals surface area contributed by atoms with Crippen molar-refractivity contribution in [2.45, 2.75) is 234 Å². The fourth-order valence-electron chi connectivity index (χ4n) is 8.35. The van der Waals surface area contributed by atoms with E-state index in [4.69, 9.17) is 13.6 Å². The van der Waals surface area contributed by atoms with E-state index in [9.17, 15) is 0 Å². The molecule has 0 unspecified atom stereocenters. The van der Waals surface area contributed by atoms with Crippen molar-refractivity contribution < 1.29 is 13.6 Å². The molecule has 0 aliphatic heterocycles. The summed E-state index contributed by atoms with van der Waals surface area (Å²) in [5, 5.41) is 0. The lowest BCUT2D eigenvalue weighted by Crippen LogP contribution is -2.09. The van der Waals surface area contributed by atoms with Crippen LogP contribution in [0, 0.1) is 0 Å². The minimum absolute atomic E-state index is 0.955. The smallest absolute Gasteiger partial charge is 0.408 e. The Kier molecular flexibility index (Phi) is 27.7.